The zero-order chi connectivity index (χ0) is 26.6. The maximum atomic E-state index is 11.8. The van der Waals surface area contributed by atoms with Crippen LogP contribution in [-0.4, -0.2) is 56.5 Å². The fourth-order valence-electron chi connectivity index (χ4n) is 4.87. The van der Waals surface area contributed by atoms with Gasteiger partial charge in [0.2, 0.25) is 5.82 Å². The first-order valence-corrected chi connectivity index (χ1v) is 12.9. The number of piperidine rings is 1. The van der Waals surface area contributed by atoms with Gasteiger partial charge >= 0.3 is 0 Å². The van der Waals surface area contributed by atoms with Crippen molar-refractivity contribution in [3.8, 4) is 34.5 Å². The largest absolute Gasteiger partial charge is 0.465 e. The number of aromatic nitrogens is 4. The van der Waals surface area contributed by atoms with E-state index in [1.54, 1.807) is 12.3 Å². The highest BCUT2D eigenvalue weighted by Crippen LogP contribution is 2.35. The first kappa shape index (κ1) is 24.5. The smallest absolute Gasteiger partial charge is 0.263 e. The normalized spacial score (nSPS) is 15.5. The van der Waals surface area contributed by atoms with Crippen LogP contribution in [0, 0.1) is 11.3 Å². The molecule has 0 spiro atoms. The number of ether oxygens (including phenoxy) is 1. The molecule has 10 heteroatoms. The van der Waals surface area contributed by atoms with Crippen LogP contribution in [0.15, 0.2) is 66.9 Å². The van der Waals surface area contributed by atoms with Crippen LogP contribution in [0.3, 0.4) is 0 Å². The molecule has 0 radical (unpaired) electrons. The van der Waals surface area contributed by atoms with Crippen molar-refractivity contribution in [2.45, 2.75) is 25.4 Å². The Bertz CT molecular complexity index is 1530. The summed E-state index contributed by atoms with van der Waals surface area (Å²) in [7, 11) is 0. The lowest BCUT2D eigenvalue weighted by Crippen LogP contribution is -2.38. The monoisotopic (exact) mass is 518 g/mol. The van der Waals surface area contributed by atoms with Crippen molar-refractivity contribution >= 4 is 17.5 Å². The van der Waals surface area contributed by atoms with Crippen LogP contribution in [0.4, 0.5) is 11.6 Å². The number of nitrogens with one attached hydrogen (secondary N) is 2. The SMILES string of the molecule is N#Cc1nccc(NC2CCN(Cc3ccc(-c4nc5c(nc4-c4ccccc4)NC(=O)CO5)cc3)CC2)n1. The van der Waals surface area contributed by atoms with E-state index in [1.807, 2.05) is 36.4 Å². The first-order valence-electron chi connectivity index (χ1n) is 12.9. The fourth-order valence-corrected chi connectivity index (χ4v) is 4.87. The summed E-state index contributed by atoms with van der Waals surface area (Å²) in [6.07, 6.45) is 3.59. The summed E-state index contributed by atoms with van der Waals surface area (Å²) >= 11 is 0. The van der Waals surface area contributed by atoms with Crippen LogP contribution in [0.5, 0.6) is 5.88 Å². The van der Waals surface area contributed by atoms with Crippen molar-refractivity contribution in [1.29, 1.82) is 5.26 Å². The molecule has 10 nitrogen and oxygen atoms in total. The molecule has 2 aliphatic heterocycles. The van der Waals surface area contributed by atoms with Gasteiger partial charge in [-0.1, -0.05) is 54.6 Å². The van der Waals surface area contributed by atoms with E-state index in [4.69, 9.17) is 20.0 Å². The van der Waals surface area contributed by atoms with Crippen LogP contribution in [0.2, 0.25) is 0 Å². The van der Waals surface area contributed by atoms with E-state index in [-0.39, 0.29) is 18.3 Å². The summed E-state index contributed by atoms with van der Waals surface area (Å²) in [5.74, 6) is 1.31. The van der Waals surface area contributed by atoms with Gasteiger partial charge in [-0.2, -0.15) is 5.26 Å². The molecule has 0 bridgehead atoms. The minimum absolute atomic E-state index is 0.0725. The van der Waals surface area contributed by atoms with Gasteiger partial charge in [0.25, 0.3) is 11.8 Å². The Labute approximate surface area is 225 Å². The number of hydrogen-bond acceptors (Lipinski definition) is 9. The molecule has 4 aromatic rings. The standard InChI is InChI=1S/C29H26N8O2/c30-16-24-31-13-10-23(33-24)32-22-11-14-37(15-12-22)17-19-6-8-21(9-7-19)27-26(20-4-2-1-3-5-20)35-28-29(36-27)39-18-25(38)34-28/h1-10,13,22H,11-12,14-15,17-18H2,(H,31,32,33)(H,34,35,38). The fraction of sp³-hybridized carbons (Fsp3) is 0.241. The maximum absolute atomic E-state index is 11.8. The molecule has 2 N–H and O–H groups in total. The second kappa shape index (κ2) is 10.8. The Morgan fingerprint density at radius 2 is 1.72 bits per heavy atom. The number of likely N-dealkylation sites (tertiary alicyclic amines) is 1. The molecule has 4 heterocycles. The van der Waals surface area contributed by atoms with Gasteiger partial charge in [-0.15, -0.1) is 0 Å². The number of carbonyl (C=O) groups excluding carboxylic acids is 1. The average molecular weight is 519 g/mol. The lowest BCUT2D eigenvalue weighted by atomic mass is 10.0. The van der Waals surface area contributed by atoms with Crippen molar-refractivity contribution in [3.63, 3.8) is 0 Å². The Hall–Kier alpha value is -4.88. The quantitative estimate of drug-likeness (QED) is 0.391. The Kier molecular flexibility index (Phi) is 6.80. The number of nitrogens with zero attached hydrogens (tertiary/aromatic N) is 6. The molecule has 0 atom stereocenters. The molecule has 2 aromatic heterocycles. The van der Waals surface area contributed by atoms with E-state index >= 15 is 0 Å². The number of nitriles is 1. The van der Waals surface area contributed by atoms with E-state index in [9.17, 15) is 4.79 Å². The molecular weight excluding hydrogens is 492 g/mol. The molecule has 2 aliphatic rings. The predicted molar refractivity (Wildman–Crippen MR) is 146 cm³/mol. The number of anilines is 2. The van der Waals surface area contributed by atoms with Crippen LogP contribution >= 0.6 is 0 Å². The van der Waals surface area contributed by atoms with Gasteiger partial charge in [-0.05, 0) is 24.5 Å². The van der Waals surface area contributed by atoms with Crippen molar-refractivity contribution in [2.75, 3.05) is 30.3 Å². The van der Waals surface area contributed by atoms with Gasteiger partial charge in [0.05, 0.1) is 5.69 Å². The van der Waals surface area contributed by atoms with Gasteiger partial charge in [-0.3, -0.25) is 9.69 Å². The van der Waals surface area contributed by atoms with E-state index in [0.29, 0.717) is 34.9 Å². The third-order valence-corrected chi connectivity index (χ3v) is 6.84. The molecule has 0 saturated carbocycles. The topological polar surface area (TPSA) is 129 Å². The van der Waals surface area contributed by atoms with E-state index < -0.39 is 0 Å². The third kappa shape index (κ3) is 5.54. The second-order valence-corrected chi connectivity index (χ2v) is 9.55. The summed E-state index contributed by atoms with van der Waals surface area (Å²) in [5, 5.41) is 15.2. The number of hydrogen-bond donors (Lipinski definition) is 2. The molecule has 1 saturated heterocycles. The highest BCUT2D eigenvalue weighted by molar-refractivity contribution is 5.94. The van der Waals surface area contributed by atoms with Gasteiger partial charge < -0.3 is 15.4 Å². The number of rotatable bonds is 6. The van der Waals surface area contributed by atoms with Crippen LogP contribution < -0.4 is 15.4 Å². The highest BCUT2D eigenvalue weighted by Gasteiger charge is 2.24. The minimum atomic E-state index is -0.241. The lowest BCUT2D eigenvalue weighted by molar-refractivity contribution is -0.118. The van der Waals surface area contributed by atoms with E-state index in [2.05, 4.69) is 49.8 Å². The van der Waals surface area contributed by atoms with Crippen molar-refractivity contribution in [3.05, 3.63) is 78.2 Å². The zero-order valence-corrected chi connectivity index (χ0v) is 21.2. The lowest BCUT2D eigenvalue weighted by Gasteiger charge is -2.32. The Balaban J connectivity index is 1.14. The molecular formula is C29H26N8O2. The molecule has 0 aliphatic carbocycles. The van der Waals surface area contributed by atoms with Gasteiger partial charge in [0.1, 0.15) is 17.6 Å². The number of carbonyl (C=O) groups is 1. The third-order valence-electron chi connectivity index (χ3n) is 6.84. The molecule has 0 unspecified atom stereocenters. The van der Waals surface area contributed by atoms with Gasteiger partial charge in [0.15, 0.2) is 12.4 Å². The zero-order valence-electron chi connectivity index (χ0n) is 21.2. The summed E-state index contributed by atoms with van der Waals surface area (Å²) in [4.78, 5) is 31.9. The minimum Gasteiger partial charge on any atom is -0.465 e. The highest BCUT2D eigenvalue weighted by atomic mass is 16.5. The van der Waals surface area contributed by atoms with Crippen molar-refractivity contribution < 1.29 is 9.53 Å². The molecule has 194 valence electrons. The molecule has 2 aromatic carbocycles. The summed E-state index contributed by atoms with van der Waals surface area (Å²) in [6.45, 7) is 2.72. The number of fused-ring (bicyclic) bond motifs is 1. The van der Waals surface area contributed by atoms with Gasteiger partial charge in [0, 0.05) is 43.0 Å². The summed E-state index contributed by atoms with van der Waals surface area (Å²) in [5.41, 5.74) is 4.45. The molecule has 1 amide bonds. The van der Waals surface area contributed by atoms with Gasteiger partial charge in [-0.25, -0.2) is 19.9 Å². The van der Waals surface area contributed by atoms with Crippen LogP contribution in [-0.2, 0) is 11.3 Å². The molecule has 39 heavy (non-hydrogen) atoms. The second-order valence-electron chi connectivity index (χ2n) is 9.55. The van der Waals surface area contributed by atoms with Crippen LogP contribution in [0.1, 0.15) is 24.2 Å². The first-order chi connectivity index (χ1) is 19.1. The Morgan fingerprint density at radius 1 is 0.974 bits per heavy atom. The van der Waals surface area contributed by atoms with Crippen molar-refractivity contribution in [2.24, 2.45) is 0 Å². The predicted octanol–water partition coefficient (Wildman–Crippen LogP) is 3.88. The van der Waals surface area contributed by atoms with E-state index in [1.165, 1.54) is 5.56 Å². The van der Waals surface area contributed by atoms with Crippen LogP contribution in [0.25, 0.3) is 22.5 Å². The number of amides is 1. The van der Waals surface area contributed by atoms with Crippen molar-refractivity contribution in [1.82, 2.24) is 24.8 Å². The maximum Gasteiger partial charge on any atom is 0.263 e. The number of benzene rings is 2. The summed E-state index contributed by atoms with van der Waals surface area (Å²) in [6, 6.07) is 22.3. The summed E-state index contributed by atoms with van der Waals surface area (Å²) < 4.78 is 5.55. The molecule has 1 fully saturated rings. The molecule has 6 rings (SSSR count). The average Bonchev–Trinajstić information content (AvgIpc) is 2.98. The Morgan fingerprint density at radius 3 is 2.49 bits per heavy atom. The van der Waals surface area contributed by atoms with E-state index in [0.717, 1.165) is 43.6 Å².